The van der Waals surface area contributed by atoms with Crippen molar-refractivity contribution in [2.24, 2.45) is 5.10 Å². The molecule has 23 heavy (non-hydrogen) atoms. The van der Waals surface area contributed by atoms with Gasteiger partial charge in [0.15, 0.2) is 12.4 Å². The molecule has 0 aliphatic rings. The molecular formula is C15H13Cl3N2O3. The van der Waals surface area contributed by atoms with Crippen LogP contribution in [0.2, 0.25) is 15.1 Å². The van der Waals surface area contributed by atoms with Crippen molar-refractivity contribution in [1.29, 1.82) is 0 Å². The Bertz CT molecular complexity index is 733. The second kappa shape index (κ2) is 7.73. The van der Waals surface area contributed by atoms with E-state index in [4.69, 9.17) is 44.0 Å². The van der Waals surface area contributed by atoms with E-state index in [1.807, 2.05) is 13.0 Å². The summed E-state index contributed by atoms with van der Waals surface area (Å²) in [5.74, 6) is 1.06. The number of hydrogen-bond acceptors (Lipinski definition) is 4. The van der Waals surface area contributed by atoms with Crippen molar-refractivity contribution in [3.8, 4) is 5.75 Å². The quantitative estimate of drug-likeness (QED) is 0.619. The third-order valence-corrected chi connectivity index (χ3v) is 3.54. The number of aryl methyl sites for hydroxylation is 1. The minimum atomic E-state index is -0.463. The van der Waals surface area contributed by atoms with E-state index in [1.165, 1.54) is 12.1 Å². The number of furan rings is 1. The molecule has 0 bridgehead atoms. The molecule has 0 saturated carbocycles. The molecule has 1 N–H and O–H groups in total. The standard InChI is InChI=1S/C15H13Cl3N2O3/c1-8-3-4-13(23-8)9(2)19-20-14(21)7-22-15-11(17)5-10(16)6-12(15)18/h3-6H,7H2,1-2H3,(H,20,21)/b19-9-. The van der Waals surface area contributed by atoms with Gasteiger partial charge >= 0.3 is 0 Å². The summed E-state index contributed by atoms with van der Waals surface area (Å²) in [5, 5.41) is 4.76. The van der Waals surface area contributed by atoms with Gasteiger partial charge in [-0.15, -0.1) is 0 Å². The molecule has 5 nitrogen and oxygen atoms in total. The van der Waals surface area contributed by atoms with Crippen LogP contribution < -0.4 is 10.2 Å². The normalized spacial score (nSPS) is 11.4. The summed E-state index contributed by atoms with van der Waals surface area (Å²) in [6.45, 7) is 3.24. The number of amides is 1. The minimum absolute atomic E-state index is 0.190. The van der Waals surface area contributed by atoms with Gasteiger partial charge in [-0.1, -0.05) is 34.8 Å². The maximum absolute atomic E-state index is 11.8. The molecular weight excluding hydrogens is 363 g/mol. The molecule has 1 heterocycles. The lowest BCUT2D eigenvalue weighted by Gasteiger charge is -2.09. The van der Waals surface area contributed by atoms with E-state index in [2.05, 4.69) is 10.5 Å². The van der Waals surface area contributed by atoms with E-state index in [-0.39, 0.29) is 22.4 Å². The number of carbonyl (C=O) groups excluding carboxylic acids is 1. The van der Waals surface area contributed by atoms with Crippen LogP contribution in [0.25, 0.3) is 0 Å². The van der Waals surface area contributed by atoms with E-state index >= 15 is 0 Å². The number of halogens is 3. The Morgan fingerprint density at radius 2 is 1.91 bits per heavy atom. The van der Waals surface area contributed by atoms with Crippen molar-refractivity contribution in [1.82, 2.24) is 5.43 Å². The van der Waals surface area contributed by atoms with Crippen LogP contribution in [0.1, 0.15) is 18.4 Å². The van der Waals surface area contributed by atoms with E-state index in [1.54, 1.807) is 13.0 Å². The van der Waals surface area contributed by atoms with E-state index in [0.29, 0.717) is 16.5 Å². The fourth-order valence-corrected chi connectivity index (χ4v) is 2.59. The summed E-state index contributed by atoms with van der Waals surface area (Å²) in [7, 11) is 0. The van der Waals surface area contributed by atoms with Gasteiger partial charge in [0.1, 0.15) is 17.2 Å². The van der Waals surface area contributed by atoms with E-state index < -0.39 is 5.91 Å². The van der Waals surface area contributed by atoms with Gasteiger partial charge in [0.25, 0.3) is 5.91 Å². The van der Waals surface area contributed by atoms with Gasteiger partial charge in [0, 0.05) is 5.02 Å². The zero-order valence-electron chi connectivity index (χ0n) is 12.3. The number of rotatable bonds is 5. The van der Waals surface area contributed by atoms with Crippen LogP contribution in [-0.4, -0.2) is 18.2 Å². The molecule has 8 heteroatoms. The van der Waals surface area contributed by atoms with Crippen LogP contribution >= 0.6 is 34.8 Å². The van der Waals surface area contributed by atoms with Crippen LogP contribution in [-0.2, 0) is 4.79 Å². The van der Waals surface area contributed by atoms with E-state index in [0.717, 1.165) is 5.76 Å². The SMILES string of the molecule is C/C(=N/NC(=O)COc1c(Cl)cc(Cl)cc1Cl)c1ccc(C)o1. The molecule has 1 aromatic carbocycles. The molecule has 0 aliphatic heterocycles. The lowest BCUT2D eigenvalue weighted by molar-refractivity contribution is -0.123. The number of carbonyl (C=O) groups is 1. The fourth-order valence-electron chi connectivity index (χ4n) is 1.67. The summed E-state index contributed by atoms with van der Waals surface area (Å²) in [5.41, 5.74) is 2.90. The highest BCUT2D eigenvalue weighted by Gasteiger charge is 2.11. The highest BCUT2D eigenvalue weighted by molar-refractivity contribution is 6.40. The third-order valence-electron chi connectivity index (χ3n) is 2.76. The van der Waals surface area contributed by atoms with Crippen molar-refractivity contribution in [2.45, 2.75) is 13.8 Å². The first-order valence-corrected chi connectivity index (χ1v) is 7.67. The van der Waals surface area contributed by atoms with Crippen LogP contribution in [0.5, 0.6) is 5.75 Å². The van der Waals surface area contributed by atoms with Crippen molar-refractivity contribution < 1.29 is 13.9 Å². The Labute approximate surface area is 148 Å². The highest BCUT2D eigenvalue weighted by Crippen LogP contribution is 2.35. The molecule has 0 atom stereocenters. The predicted octanol–water partition coefficient (Wildman–Crippen LogP) is 4.47. The second-order valence-electron chi connectivity index (χ2n) is 4.63. The van der Waals surface area contributed by atoms with Crippen LogP contribution in [0.3, 0.4) is 0 Å². The Morgan fingerprint density at radius 3 is 2.48 bits per heavy atom. The lowest BCUT2D eigenvalue weighted by atomic mass is 10.3. The van der Waals surface area contributed by atoms with Crippen molar-refractivity contribution in [2.75, 3.05) is 6.61 Å². The molecule has 122 valence electrons. The molecule has 0 unspecified atom stereocenters. The van der Waals surface area contributed by atoms with Gasteiger partial charge in [0.2, 0.25) is 0 Å². The first-order valence-electron chi connectivity index (χ1n) is 6.54. The average Bonchev–Trinajstić information content (AvgIpc) is 2.90. The maximum atomic E-state index is 11.8. The summed E-state index contributed by atoms with van der Waals surface area (Å²) in [4.78, 5) is 11.8. The number of nitrogens with zero attached hydrogens (tertiary/aromatic N) is 1. The fraction of sp³-hybridized carbons (Fsp3) is 0.200. The zero-order valence-corrected chi connectivity index (χ0v) is 14.6. The van der Waals surface area contributed by atoms with E-state index in [9.17, 15) is 4.79 Å². The molecule has 2 aromatic rings. The molecule has 0 saturated heterocycles. The van der Waals surface area contributed by atoms with Gasteiger partial charge in [-0.2, -0.15) is 5.10 Å². The first-order chi connectivity index (χ1) is 10.9. The van der Waals surface area contributed by atoms with Gasteiger partial charge in [-0.3, -0.25) is 4.79 Å². The average molecular weight is 376 g/mol. The number of nitrogens with one attached hydrogen (secondary N) is 1. The first kappa shape index (κ1) is 17.7. The monoisotopic (exact) mass is 374 g/mol. The summed E-state index contributed by atoms with van der Waals surface area (Å²) in [6, 6.07) is 6.53. The number of hydrogen-bond donors (Lipinski definition) is 1. The second-order valence-corrected chi connectivity index (χ2v) is 5.88. The molecule has 1 amide bonds. The number of hydrazone groups is 1. The Kier molecular flexibility index (Phi) is 5.93. The van der Waals surface area contributed by atoms with Gasteiger partial charge < -0.3 is 9.15 Å². The van der Waals surface area contributed by atoms with Gasteiger partial charge in [0.05, 0.1) is 10.0 Å². The van der Waals surface area contributed by atoms with Crippen molar-refractivity contribution in [3.63, 3.8) is 0 Å². The van der Waals surface area contributed by atoms with Crippen LogP contribution in [0.15, 0.2) is 33.8 Å². The van der Waals surface area contributed by atoms with Crippen molar-refractivity contribution >= 4 is 46.4 Å². The minimum Gasteiger partial charge on any atom is -0.481 e. The predicted molar refractivity (Wildman–Crippen MR) is 90.8 cm³/mol. The lowest BCUT2D eigenvalue weighted by Crippen LogP contribution is -2.25. The molecule has 0 radical (unpaired) electrons. The third kappa shape index (κ3) is 4.89. The number of ether oxygens (including phenoxy) is 1. The maximum Gasteiger partial charge on any atom is 0.277 e. The molecule has 0 spiro atoms. The highest BCUT2D eigenvalue weighted by atomic mass is 35.5. The Hall–Kier alpha value is -1.69. The molecule has 2 rings (SSSR count). The molecule has 0 fully saturated rings. The molecule has 1 aromatic heterocycles. The number of benzene rings is 1. The summed E-state index contributed by atoms with van der Waals surface area (Å²) >= 11 is 17.7. The van der Waals surface area contributed by atoms with Gasteiger partial charge in [-0.25, -0.2) is 5.43 Å². The van der Waals surface area contributed by atoms with Gasteiger partial charge in [-0.05, 0) is 38.1 Å². The van der Waals surface area contributed by atoms with Crippen LogP contribution in [0, 0.1) is 6.92 Å². The largest absolute Gasteiger partial charge is 0.481 e. The van der Waals surface area contributed by atoms with Crippen LogP contribution in [0.4, 0.5) is 0 Å². The summed E-state index contributed by atoms with van der Waals surface area (Å²) in [6.07, 6.45) is 0. The smallest absolute Gasteiger partial charge is 0.277 e. The molecule has 0 aliphatic carbocycles. The Morgan fingerprint density at radius 1 is 1.26 bits per heavy atom. The zero-order chi connectivity index (χ0) is 17.0. The Balaban J connectivity index is 1.93. The van der Waals surface area contributed by atoms with Crippen molar-refractivity contribution in [3.05, 3.63) is 50.9 Å². The summed E-state index contributed by atoms with van der Waals surface area (Å²) < 4.78 is 10.7. The topological polar surface area (TPSA) is 63.8 Å².